The molecule has 0 heterocycles. The van der Waals surface area contributed by atoms with E-state index in [0.717, 1.165) is 23.6 Å². The highest BCUT2D eigenvalue weighted by molar-refractivity contribution is 7.98. The molecule has 3 nitrogen and oxygen atoms in total. The van der Waals surface area contributed by atoms with Crippen LogP contribution < -0.4 is 10.1 Å². The molecular formula is C16H27NO2S. The summed E-state index contributed by atoms with van der Waals surface area (Å²) in [7, 11) is 0. The first-order valence-corrected chi connectivity index (χ1v) is 8.50. The second kappa shape index (κ2) is 9.27. The maximum absolute atomic E-state index is 9.91. The molecule has 1 rings (SSSR count). The SMILES string of the molecule is CSCC(C)CNCC(O)COc1ccc(C)cc1C. The summed E-state index contributed by atoms with van der Waals surface area (Å²) in [6, 6.07) is 6.08. The van der Waals surface area contributed by atoms with Crippen molar-refractivity contribution in [2.24, 2.45) is 5.92 Å². The van der Waals surface area contributed by atoms with Crippen molar-refractivity contribution in [3.63, 3.8) is 0 Å². The Morgan fingerprint density at radius 1 is 1.30 bits per heavy atom. The maximum atomic E-state index is 9.91. The molecule has 0 radical (unpaired) electrons. The zero-order chi connectivity index (χ0) is 15.0. The van der Waals surface area contributed by atoms with Crippen molar-refractivity contribution in [3.05, 3.63) is 29.3 Å². The van der Waals surface area contributed by atoms with E-state index in [1.165, 1.54) is 5.56 Å². The molecule has 0 aromatic heterocycles. The normalized spacial score (nSPS) is 14.1. The lowest BCUT2D eigenvalue weighted by atomic mass is 10.1. The number of thioether (sulfide) groups is 1. The number of nitrogens with one attached hydrogen (secondary N) is 1. The lowest BCUT2D eigenvalue weighted by Crippen LogP contribution is -2.34. The minimum absolute atomic E-state index is 0.327. The second-order valence-electron chi connectivity index (χ2n) is 5.45. The Morgan fingerprint density at radius 3 is 2.70 bits per heavy atom. The van der Waals surface area contributed by atoms with Crippen LogP contribution >= 0.6 is 11.8 Å². The third-order valence-electron chi connectivity index (χ3n) is 3.09. The summed E-state index contributed by atoms with van der Waals surface area (Å²) in [5.74, 6) is 2.62. The number of hydrogen-bond acceptors (Lipinski definition) is 4. The summed E-state index contributed by atoms with van der Waals surface area (Å²) in [5, 5.41) is 13.2. The predicted octanol–water partition coefficient (Wildman–Crippen LogP) is 2.63. The summed E-state index contributed by atoms with van der Waals surface area (Å²) < 4.78 is 5.66. The number of aliphatic hydroxyl groups excluding tert-OH is 1. The summed E-state index contributed by atoms with van der Waals surface area (Å²) >= 11 is 1.85. The van der Waals surface area contributed by atoms with E-state index in [0.29, 0.717) is 19.1 Å². The van der Waals surface area contributed by atoms with E-state index < -0.39 is 6.10 Å². The van der Waals surface area contributed by atoms with Gasteiger partial charge in [-0.15, -0.1) is 0 Å². The van der Waals surface area contributed by atoms with Gasteiger partial charge in [0.25, 0.3) is 0 Å². The minimum Gasteiger partial charge on any atom is -0.491 e. The maximum Gasteiger partial charge on any atom is 0.122 e. The van der Waals surface area contributed by atoms with Crippen molar-refractivity contribution < 1.29 is 9.84 Å². The van der Waals surface area contributed by atoms with Gasteiger partial charge in [0.1, 0.15) is 18.5 Å². The van der Waals surface area contributed by atoms with Crippen LogP contribution in [0.25, 0.3) is 0 Å². The average molecular weight is 297 g/mol. The van der Waals surface area contributed by atoms with Crippen LogP contribution in [0.15, 0.2) is 18.2 Å². The van der Waals surface area contributed by atoms with Gasteiger partial charge >= 0.3 is 0 Å². The zero-order valence-corrected chi connectivity index (χ0v) is 13.8. The van der Waals surface area contributed by atoms with E-state index in [1.54, 1.807) is 0 Å². The summed E-state index contributed by atoms with van der Waals surface area (Å²) in [4.78, 5) is 0. The summed E-state index contributed by atoms with van der Waals surface area (Å²) in [5.41, 5.74) is 2.33. The minimum atomic E-state index is -0.475. The molecule has 114 valence electrons. The number of ether oxygens (including phenoxy) is 1. The van der Waals surface area contributed by atoms with Crippen LogP contribution in [0.5, 0.6) is 5.75 Å². The third kappa shape index (κ3) is 6.64. The van der Waals surface area contributed by atoms with Crippen molar-refractivity contribution >= 4 is 11.8 Å². The summed E-state index contributed by atoms with van der Waals surface area (Å²) in [6.07, 6.45) is 1.64. The van der Waals surface area contributed by atoms with E-state index >= 15 is 0 Å². The number of benzene rings is 1. The van der Waals surface area contributed by atoms with Gasteiger partial charge in [-0.3, -0.25) is 0 Å². The lowest BCUT2D eigenvalue weighted by Gasteiger charge is -2.16. The molecule has 0 aliphatic heterocycles. The number of rotatable bonds is 9. The van der Waals surface area contributed by atoms with Crippen LogP contribution in [-0.2, 0) is 0 Å². The van der Waals surface area contributed by atoms with E-state index in [4.69, 9.17) is 4.74 Å². The highest BCUT2D eigenvalue weighted by atomic mass is 32.2. The highest BCUT2D eigenvalue weighted by Crippen LogP contribution is 2.18. The predicted molar refractivity (Wildman–Crippen MR) is 87.8 cm³/mol. The van der Waals surface area contributed by atoms with Gasteiger partial charge in [-0.25, -0.2) is 0 Å². The Kier molecular flexibility index (Phi) is 8.04. The Balaban J connectivity index is 2.24. The molecule has 2 N–H and O–H groups in total. The molecule has 0 fully saturated rings. The largest absolute Gasteiger partial charge is 0.491 e. The Morgan fingerprint density at radius 2 is 2.05 bits per heavy atom. The van der Waals surface area contributed by atoms with Gasteiger partial charge in [0, 0.05) is 6.54 Å². The number of aliphatic hydroxyl groups is 1. The quantitative estimate of drug-likeness (QED) is 0.735. The monoisotopic (exact) mass is 297 g/mol. The fourth-order valence-electron chi connectivity index (χ4n) is 2.05. The van der Waals surface area contributed by atoms with Gasteiger partial charge in [0.05, 0.1) is 0 Å². The molecule has 1 aromatic carbocycles. The molecule has 0 bridgehead atoms. The third-order valence-corrected chi connectivity index (χ3v) is 3.99. The summed E-state index contributed by atoms with van der Waals surface area (Å²) in [6.45, 7) is 8.13. The van der Waals surface area contributed by atoms with E-state index in [2.05, 4.69) is 31.5 Å². The van der Waals surface area contributed by atoms with Crippen LogP contribution in [0.3, 0.4) is 0 Å². The fraction of sp³-hybridized carbons (Fsp3) is 0.625. The molecule has 0 saturated carbocycles. The lowest BCUT2D eigenvalue weighted by molar-refractivity contribution is 0.105. The van der Waals surface area contributed by atoms with Crippen LogP contribution in [0.1, 0.15) is 18.1 Å². The van der Waals surface area contributed by atoms with Crippen LogP contribution in [-0.4, -0.2) is 42.9 Å². The van der Waals surface area contributed by atoms with E-state index in [9.17, 15) is 5.11 Å². The van der Waals surface area contributed by atoms with Gasteiger partial charge in [-0.05, 0) is 49.9 Å². The number of aryl methyl sites for hydroxylation is 2. The molecular weight excluding hydrogens is 270 g/mol. The second-order valence-corrected chi connectivity index (χ2v) is 6.36. The Hall–Kier alpha value is -0.710. The van der Waals surface area contributed by atoms with Gasteiger partial charge < -0.3 is 15.2 Å². The van der Waals surface area contributed by atoms with Crippen LogP contribution in [0, 0.1) is 19.8 Å². The van der Waals surface area contributed by atoms with Gasteiger partial charge in [-0.2, -0.15) is 11.8 Å². The van der Waals surface area contributed by atoms with Crippen molar-refractivity contribution in [1.29, 1.82) is 0 Å². The molecule has 0 spiro atoms. The standard InChI is InChI=1S/C16H27NO2S/c1-12-5-6-16(14(3)7-12)19-10-15(18)9-17-8-13(2)11-20-4/h5-7,13,15,17-18H,8-11H2,1-4H3. The Labute approximate surface area is 127 Å². The number of hydrogen-bond donors (Lipinski definition) is 2. The van der Waals surface area contributed by atoms with E-state index in [1.807, 2.05) is 30.8 Å². The molecule has 2 atom stereocenters. The highest BCUT2D eigenvalue weighted by Gasteiger charge is 2.08. The molecule has 0 saturated heterocycles. The first-order valence-electron chi connectivity index (χ1n) is 7.10. The molecule has 0 amide bonds. The van der Waals surface area contributed by atoms with Crippen molar-refractivity contribution in [3.8, 4) is 5.75 Å². The van der Waals surface area contributed by atoms with Crippen molar-refractivity contribution in [2.45, 2.75) is 26.9 Å². The van der Waals surface area contributed by atoms with Crippen molar-refractivity contribution in [2.75, 3.05) is 31.7 Å². The van der Waals surface area contributed by atoms with Crippen LogP contribution in [0.2, 0.25) is 0 Å². The van der Waals surface area contributed by atoms with E-state index in [-0.39, 0.29) is 0 Å². The molecule has 20 heavy (non-hydrogen) atoms. The zero-order valence-electron chi connectivity index (χ0n) is 13.0. The molecule has 1 aromatic rings. The molecule has 2 unspecified atom stereocenters. The van der Waals surface area contributed by atoms with Gasteiger partial charge in [0.2, 0.25) is 0 Å². The molecule has 0 aliphatic rings. The smallest absolute Gasteiger partial charge is 0.122 e. The topological polar surface area (TPSA) is 41.5 Å². The average Bonchev–Trinajstić information content (AvgIpc) is 2.38. The first-order chi connectivity index (χ1) is 9.52. The Bertz CT molecular complexity index is 398. The van der Waals surface area contributed by atoms with Crippen LogP contribution in [0.4, 0.5) is 0 Å². The van der Waals surface area contributed by atoms with Crippen molar-refractivity contribution in [1.82, 2.24) is 5.32 Å². The van der Waals surface area contributed by atoms with Gasteiger partial charge in [0.15, 0.2) is 0 Å². The molecule has 0 aliphatic carbocycles. The first kappa shape index (κ1) is 17.3. The van der Waals surface area contributed by atoms with Gasteiger partial charge in [-0.1, -0.05) is 24.6 Å². The molecule has 4 heteroatoms. The fourth-order valence-corrected chi connectivity index (χ4v) is 2.73.